The second-order valence-corrected chi connectivity index (χ2v) is 5.71. The maximum atomic E-state index is 12.6. The van der Waals surface area contributed by atoms with E-state index in [2.05, 4.69) is 16.8 Å². The first kappa shape index (κ1) is 10.5. The Hall–Kier alpha value is -0.680. The van der Waals surface area contributed by atoms with Gasteiger partial charge in [-0.15, -0.1) is 0 Å². The molecule has 3 aliphatic rings. The first-order chi connectivity index (χ1) is 7.56. The zero-order chi connectivity index (χ0) is 11.3. The smallest absolute Gasteiger partial charge is 0.236 e. The lowest BCUT2D eigenvalue weighted by Gasteiger charge is -2.59. The molecule has 4 nitrogen and oxygen atoms in total. The van der Waals surface area contributed by atoms with Crippen LogP contribution in [-0.2, 0) is 4.79 Å². The first-order valence-corrected chi connectivity index (χ1v) is 5.89. The van der Waals surface area contributed by atoms with E-state index in [4.69, 9.17) is 0 Å². The molecule has 5 heteroatoms. The molecule has 3 heterocycles. The van der Waals surface area contributed by atoms with Crippen LogP contribution in [0.5, 0.6) is 0 Å². The molecule has 0 aromatic carbocycles. The maximum Gasteiger partial charge on any atom is 0.236 e. The summed E-state index contributed by atoms with van der Waals surface area (Å²) in [6.45, 7) is 5.49. The standard InChI is InChI=1S/C11H18FN3O/c1-13-5-11(6-13)7-14(8-11)4-10(16)15-2-9(12)3-15/h9H,2-8H2,1H3. The van der Waals surface area contributed by atoms with Crippen LogP contribution in [-0.4, -0.2) is 79.6 Å². The van der Waals surface area contributed by atoms with Gasteiger partial charge in [-0.05, 0) is 7.05 Å². The van der Waals surface area contributed by atoms with Gasteiger partial charge in [0, 0.05) is 31.6 Å². The van der Waals surface area contributed by atoms with Gasteiger partial charge in [-0.1, -0.05) is 0 Å². The molecule has 0 atom stereocenters. The average Bonchev–Trinajstić information content (AvgIpc) is 2.06. The molecule has 0 radical (unpaired) electrons. The van der Waals surface area contributed by atoms with Crippen molar-refractivity contribution in [3.8, 4) is 0 Å². The summed E-state index contributed by atoms with van der Waals surface area (Å²) in [5.41, 5.74) is 0.479. The second-order valence-electron chi connectivity index (χ2n) is 5.71. The van der Waals surface area contributed by atoms with Gasteiger partial charge in [0.1, 0.15) is 6.17 Å². The third-order valence-electron chi connectivity index (χ3n) is 3.88. The number of halogens is 1. The highest BCUT2D eigenvalue weighted by atomic mass is 19.1. The fourth-order valence-corrected chi connectivity index (χ4v) is 3.23. The van der Waals surface area contributed by atoms with Gasteiger partial charge in [0.2, 0.25) is 5.91 Å². The quantitative estimate of drug-likeness (QED) is 0.631. The van der Waals surface area contributed by atoms with Crippen LogP contribution in [0.15, 0.2) is 0 Å². The molecule has 0 aliphatic carbocycles. The van der Waals surface area contributed by atoms with Crippen LogP contribution in [0.1, 0.15) is 0 Å². The van der Waals surface area contributed by atoms with E-state index in [1.54, 1.807) is 4.90 Å². The van der Waals surface area contributed by atoms with Crippen LogP contribution in [0.25, 0.3) is 0 Å². The number of carbonyl (C=O) groups is 1. The normalized spacial score (nSPS) is 29.8. The Balaban J connectivity index is 1.40. The minimum atomic E-state index is -0.785. The monoisotopic (exact) mass is 227 g/mol. The minimum Gasteiger partial charge on any atom is -0.336 e. The van der Waals surface area contributed by atoms with Crippen LogP contribution in [0.4, 0.5) is 4.39 Å². The van der Waals surface area contributed by atoms with Gasteiger partial charge >= 0.3 is 0 Å². The molecule has 1 spiro atoms. The highest BCUT2D eigenvalue weighted by Gasteiger charge is 2.50. The average molecular weight is 227 g/mol. The number of hydrogen-bond donors (Lipinski definition) is 0. The lowest BCUT2D eigenvalue weighted by atomic mass is 9.73. The molecular formula is C11H18FN3O. The summed E-state index contributed by atoms with van der Waals surface area (Å²) in [5, 5.41) is 0. The van der Waals surface area contributed by atoms with Gasteiger partial charge in [0.15, 0.2) is 0 Å². The molecule has 0 saturated carbocycles. The van der Waals surface area contributed by atoms with Gasteiger partial charge in [-0.25, -0.2) is 4.39 Å². The number of nitrogens with zero attached hydrogens (tertiary/aromatic N) is 3. The Kier molecular flexibility index (Phi) is 2.23. The molecule has 0 unspecified atom stereocenters. The Morgan fingerprint density at radius 1 is 1.31 bits per heavy atom. The number of alkyl halides is 1. The van der Waals surface area contributed by atoms with Crippen LogP contribution >= 0.6 is 0 Å². The first-order valence-electron chi connectivity index (χ1n) is 5.89. The molecule has 16 heavy (non-hydrogen) atoms. The van der Waals surface area contributed by atoms with E-state index in [0.29, 0.717) is 25.0 Å². The van der Waals surface area contributed by atoms with Crippen molar-refractivity contribution in [1.29, 1.82) is 0 Å². The Morgan fingerprint density at radius 3 is 2.44 bits per heavy atom. The SMILES string of the molecule is CN1CC2(C1)CN(CC(=O)N1CC(F)C1)C2. The van der Waals surface area contributed by atoms with E-state index >= 15 is 0 Å². The van der Waals surface area contributed by atoms with Gasteiger partial charge in [0.05, 0.1) is 19.6 Å². The van der Waals surface area contributed by atoms with Gasteiger partial charge in [-0.2, -0.15) is 0 Å². The Bertz CT molecular complexity index is 302. The van der Waals surface area contributed by atoms with Crippen molar-refractivity contribution in [3.05, 3.63) is 0 Å². The molecule has 3 saturated heterocycles. The van der Waals surface area contributed by atoms with Crippen molar-refractivity contribution in [2.24, 2.45) is 5.41 Å². The number of hydrogen-bond acceptors (Lipinski definition) is 3. The molecule has 0 N–H and O–H groups in total. The summed E-state index contributed by atoms with van der Waals surface area (Å²) >= 11 is 0. The zero-order valence-corrected chi connectivity index (χ0v) is 9.65. The second kappa shape index (κ2) is 3.40. The van der Waals surface area contributed by atoms with Crippen LogP contribution < -0.4 is 0 Å². The molecule has 1 amide bonds. The van der Waals surface area contributed by atoms with E-state index in [9.17, 15) is 9.18 Å². The van der Waals surface area contributed by atoms with Crippen LogP contribution in [0.3, 0.4) is 0 Å². The predicted molar refractivity (Wildman–Crippen MR) is 57.8 cm³/mol. The van der Waals surface area contributed by atoms with E-state index in [1.807, 2.05) is 0 Å². The number of carbonyl (C=O) groups excluding carboxylic acids is 1. The van der Waals surface area contributed by atoms with E-state index in [1.165, 1.54) is 0 Å². The maximum absolute atomic E-state index is 12.6. The Labute approximate surface area is 95.0 Å². The van der Waals surface area contributed by atoms with Gasteiger partial charge < -0.3 is 9.80 Å². The summed E-state index contributed by atoms with van der Waals surface area (Å²) in [5.74, 6) is 0.0939. The summed E-state index contributed by atoms with van der Waals surface area (Å²) in [4.78, 5) is 17.8. The lowest BCUT2D eigenvalue weighted by molar-refractivity contribution is -0.149. The molecule has 0 aromatic heterocycles. The molecule has 3 rings (SSSR count). The minimum absolute atomic E-state index is 0.0939. The van der Waals surface area contributed by atoms with Crippen molar-refractivity contribution in [1.82, 2.24) is 14.7 Å². The van der Waals surface area contributed by atoms with E-state index < -0.39 is 6.17 Å². The van der Waals surface area contributed by atoms with E-state index in [-0.39, 0.29) is 5.91 Å². The largest absolute Gasteiger partial charge is 0.336 e. The molecule has 90 valence electrons. The van der Waals surface area contributed by atoms with Crippen molar-refractivity contribution >= 4 is 5.91 Å². The number of amides is 1. The summed E-state index contributed by atoms with van der Waals surface area (Å²) in [6, 6.07) is 0. The highest BCUT2D eigenvalue weighted by Crippen LogP contribution is 2.38. The fraction of sp³-hybridized carbons (Fsp3) is 0.909. The third kappa shape index (κ3) is 1.62. The molecule has 3 fully saturated rings. The molecule has 3 aliphatic heterocycles. The summed E-state index contributed by atoms with van der Waals surface area (Å²) in [7, 11) is 2.13. The lowest BCUT2D eigenvalue weighted by Crippen LogP contribution is -2.72. The predicted octanol–water partition coefficient (Wildman–Crippen LogP) is -0.586. The van der Waals surface area contributed by atoms with Crippen molar-refractivity contribution in [2.75, 3.05) is 52.9 Å². The third-order valence-corrected chi connectivity index (χ3v) is 3.88. The van der Waals surface area contributed by atoms with E-state index in [0.717, 1.165) is 26.2 Å². The summed E-state index contributed by atoms with van der Waals surface area (Å²) < 4.78 is 12.6. The number of rotatable bonds is 2. The van der Waals surface area contributed by atoms with Crippen molar-refractivity contribution in [3.63, 3.8) is 0 Å². The zero-order valence-electron chi connectivity index (χ0n) is 9.65. The van der Waals surface area contributed by atoms with Gasteiger partial charge in [-0.3, -0.25) is 9.69 Å². The highest BCUT2D eigenvalue weighted by molar-refractivity contribution is 5.79. The topological polar surface area (TPSA) is 26.8 Å². The Morgan fingerprint density at radius 2 is 1.94 bits per heavy atom. The fourth-order valence-electron chi connectivity index (χ4n) is 3.23. The van der Waals surface area contributed by atoms with Crippen LogP contribution in [0.2, 0.25) is 0 Å². The molecule has 0 bridgehead atoms. The number of likely N-dealkylation sites (tertiary alicyclic amines) is 3. The summed E-state index contributed by atoms with van der Waals surface area (Å²) in [6.07, 6.45) is -0.785. The molecule has 0 aromatic rings. The van der Waals surface area contributed by atoms with Gasteiger partial charge in [0.25, 0.3) is 0 Å². The van der Waals surface area contributed by atoms with Crippen LogP contribution in [0, 0.1) is 5.41 Å². The van der Waals surface area contributed by atoms with Crippen molar-refractivity contribution < 1.29 is 9.18 Å². The van der Waals surface area contributed by atoms with Crippen molar-refractivity contribution in [2.45, 2.75) is 6.17 Å². The molecular weight excluding hydrogens is 209 g/mol.